The van der Waals surface area contributed by atoms with E-state index < -0.39 is 11.7 Å². The van der Waals surface area contributed by atoms with E-state index in [0.29, 0.717) is 13.1 Å². The molecule has 2 rings (SSSR count). The summed E-state index contributed by atoms with van der Waals surface area (Å²) in [5.74, 6) is 0. The molecule has 1 aromatic carbocycles. The summed E-state index contributed by atoms with van der Waals surface area (Å²) in [6, 6.07) is 10.1. The van der Waals surface area contributed by atoms with Gasteiger partial charge in [0.25, 0.3) is 0 Å². The lowest BCUT2D eigenvalue weighted by Crippen LogP contribution is -2.56. The molecule has 1 heterocycles. The molecule has 0 spiro atoms. The number of likely N-dealkylation sites (tertiary alicyclic amines) is 1. The average Bonchev–Trinajstić information content (AvgIpc) is 2.47. The summed E-state index contributed by atoms with van der Waals surface area (Å²) >= 11 is 0. The van der Waals surface area contributed by atoms with Gasteiger partial charge in [0.2, 0.25) is 0 Å². The van der Waals surface area contributed by atoms with Crippen molar-refractivity contribution in [1.82, 2.24) is 0 Å². The quantitative estimate of drug-likeness (QED) is 0.617. The number of hydrogen-bond donors (Lipinski definition) is 0. The van der Waals surface area contributed by atoms with Gasteiger partial charge >= 0.3 is 12.5 Å². The van der Waals surface area contributed by atoms with Crippen LogP contribution in [0.25, 0.3) is 6.08 Å². The molecule has 0 unspecified atom stereocenters. The van der Waals surface area contributed by atoms with Crippen LogP contribution in [0.5, 0.6) is 0 Å². The molecule has 4 nitrogen and oxygen atoms in total. The fourth-order valence-electron chi connectivity index (χ4n) is 2.54. The second-order valence-electron chi connectivity index (χ2n) is 6.78. The minimum atomic E-state index is -0.578. The van der Waals surface area contributed by atoms with Gasteiger partial charge in [0, 0.05) is 12.8 Å². The molecule has 2 amide bonds. The van der Waals surface area contributed by atoms with Crippen molar-refractivity contribution in [1.29, 1.82) is 0 Å². The smallest absolute Gasteiger partial charge is 0.414 e. The van der Waals surface area contributed by atoms with E-state index in [0.717, 1.165) is 24.8 Å². The lowest BCUT2D eigenvalue weighted by molar-refractivity contribution is -0.777. The summed E-state index contributed by atoms with van der Waals surface area (Å²) in [7, 11) is 0. The summed E-state index contributed by atoms with van der Waals surface area (Å²) in [4.78, 5) is 23.9. The molecule has 1 aliphatic heterocycles. The summed E-state index contributed by atoms with van der Waals surface area (Å²) in [6.07, 6.45) is 3.89. The molecule has 0 aromatic heterocycles. The molecule has 1 aliphatic rings. The van der Waals surface area contributed by atoms with Gasteiger partial charge in [-0.05, 0) is 26.3 Å². The second kappa shape index (κ2) is 6.44. The monoisotopic (exact) mass is 302 g/mol. The summed E-state index contributed by atoms with van der Waals surface area (Å²) < 4.78 is 5.17. The van der Waals surface area contributed by atoms with Gasteiger partial charge in [0.05, 0.1) is 13.1 Å². The zero-order chi connectivity index (χ0) is 16.2. The third-order valence-corrected chi connectivity index (χ3v) is 3.79. The van der Waals surface area contributed by atoms with Crippen LogP contribution in [-0.2, 0) is 9.53 Å². The van der Waals surface area contributed by atoms with Crippen LogP contribution in [-0.4, -0.2) is 35.7 Å². The van der Waals surface area contributed by atoms with Crippen LogP contribution in [0.4, 0.5) is 4.79 Å². The standard InChI is InChI=1S/C18H24NO3/c1-18(2,3)22-17(21)19(14-20)11-9-16(10-12-19)13-15-7-5-4-6-8-15/h4-8,13-14H,9-12H2,1-3H3/q+1. The van der Waals surface area contributed by atoms with Gasteiger partial charge in [0.1, 0.15) is 5.60 Å². The predicted molar refractivity (Wildman–Crippen MR) is 85.9 cm³/mol. The van der Waals surface area contributed by atoms with Gasteiger partial charge in [-0.1, -0.05) is 42.0 Å². The topological polar surface area (TPSA) is 43.4 Å². The highest BCUT2D eigenvalue weighted by atomic mass is 16.6. The Morgan fingerprint density at radius 2 is 1.73 bits per heavy atom. The van der Waals surface area contributed by atoms with Gasteiger partial charge in [-0.2, -0.15) is 9.28 Å². The van der Waals surface area contributed by atoms with Crippen molar-refractivity contribution in [3.63, 3.8) is 0 Å². The number of ether oxygens (including phenoxy) is 1. The Morgan fingerprint density at radius 3 is 2.23 bits per heavy atom. The van der Waals surface area contributed by atoms with Crippen molar-refractivity contribution in [2.45, 2.75) is 39.2 Å². The molecule has 0 saturated carbocycles. The second-order valence-corrected chi connectivity index (χ2v) is 6.78. The number of benzene rings is 1. The maximum Gasteiger partial charge on any atom is 0.523 e. The molecule has 1 aromatic rings. The highest BCUT2D eigenvalue weighted by Crippen LogP contribution is 2.26. The molecule has 0 bridgehead atoms. The number of nitrogens with zero attached hydrogens (tertiary/aromatic N) is 1. The molecule has 4 heteroatoms. The number of hydrogen-bond acceptors (Lipinski definition) is 3. The van der Waals surface area contributed by atoms with Crippen molar-refractivity contribution in [2.75, 3.05) is 13.1 Å². The highest BCUT2D eigenvalue weighted by molar-refractivity contribution is 5.69. The maximum atomic E-state index is 12.3. The van der Waals surface area contributed by atoms with Crippen LogP contribution in [0, 0.1) is 0 Å². The number of carbonyl (C=O) groups is 2. The lowest BCUT2D eigenvalue weighted by Gasteiger charge is -2.34. The Kier molecular flexibility index (Phi) is 4.81. The Morgan fingerprint density at radius 1 is 1.14 bits per heavy atom. The van der Waals surface area contributed by atoms with Gasteiger partial charge in [-0.3, -0.25) is 0 Å². The third-order valence-electron chi connectivity index (χ3n) is 3.79. The highest BCUT2D eigenvalue weighted by Gasteiger charge is 2.43. The number of rotatable bonds is 2. The van der Waals surface area contributed by atoms with E-state index in [9.17, 15) is 9.59 Å². The SMILES string of the molecule is CC(C)(C)OC(=O)[N+]1(C=O)CCC(=Cc2ccccc2)CC1. The number of imide groups is 1. The third kappa shape index (κ3) is 4.04. The van der Waals surface area contributed by atoms with E-state index in [2.05, 4.69) is 18.2 Å². The predicted octanol–water partition coefficient (Wildman–Crippen LogP) is 3.77. The Labute approximate surface area is 132 Å². The van der Waals surface area contributed by atoms with E-state index >= 15 is 0 Å². The largest absolute Gasteiger partial charge is 0.523 e. The number of quaternary nitrogens is 1. The Hall–Kier alpha value is -1.94. The summed E-state index contributed by atoms with van der Waals surface area (Å²) in [5.41, 5.74) is 1.84. The van der Waals surface area contributed by atoms with Crippen LogP contribution >= 0.6 is 0 Å². The molecule has 0 N–H and O–H groups in total. The molecular formula is C18H24NO3+. The molecule has 118 valence electrons. The molecule has 0 atom stereocenters. The van der Waals surface area contributed by atoms with E-state index in [4.69, 9.17) is 4.74 Å². The zero-order valence-electron chi connectivity index (χ0n) is 13.5. The lowest BCUT2D eigenvalue weighted by atomic mass is 9.99. The van der Waals surface area contributed by atoms with Gasteiger partial charge in [-0.25, -0.2) is 4.79 Å². The maximum absolute atomic E-state index is 12.3. The first-order chi connectivity index (χ1) is 10.3. The molecule has 0 aliphatic carbocycles. The van der Waals surface area contributed by atoms with Crippen molar-refractivity contribution in [2.24, 2.45) is 0 Å². The van der Waals surface area contributed by atoms with Crippen molar-refractivity contribution >= 4 is 18.6 Å². The first-order valence-electron chi connectivity index (χ1n) is 7.66. The molecule has 22 heavy (non-hydrogen) atoms. The number of carbonyl (C=O) groups excluding carboxylic acids is 2. The average molecular weight is 302 g/mol. The number of piperidine rings is 1. The summed E-state index contributed by atoms with van der Waals surface area (Å²) in [5, 5.41) is 0. The fourth-order valence-corrected chi connectivity index (χ4v) is 2.54. The van der Waals surface area contributed by atoms with Gasteiger partial charge < -0.3 is 4.74 Å². The Balaban J connectivity index is 2.07. The molecular weight excluding hydrogens is 278 g/mol. The van der Waals surface area contributed by atoms with Crippen molar-refractivity contribution in [3.05, 3.63) is 41.5 Å². The van der Waals surface area contributed by atoms with Gasteiger partial charge in [0.15, 0.2) is 0 Å². The first kappa shape index (κ1) is 16.4. The van der Waals surface area contributed by atoms with E-state index in [1.54, 1.807) is 0 Å². The first-order valence-corrected chi connectivity index (χ1v) is 7.66. The van der Waals surface area contributed by atoms with Gasteiger partial charge in [-0.15, -0.1) is 0 Å². The Bertz CT molecular complexity index is 560. The number of amides is 2. The normalized spacial score (nSPS) is 22.0. The molecule has 1 saturated heterocycles. The minimum absolute atomic E-state index is 0.233. The zero-order valence-corrected chi connectivity index (χ0v) is 13.5. The van der Waals surface area contributed by atoms with E-state index in [1.165, 1.54) is 5.57 Å². The fraction of sp³-hybridized carbons (Fsp3) is 0.444. The van der Waals surface area contributed by atoms with Crippen LogP contribution in [0.1, 0.15) is 39.2 Å². The summed E-state index contributed by atoms with van der Waals surface area (Å²) in [6.45, 7) is 6.39. The van der Waals surface area contributed by atoms with Crippen molar-refractivity contribution in [3.8, 4) is 0 Å². The van der Waals surface area contributed by atoms with Crippen molar-refractivity contribution < 1.29 is 18.8 Å². The minimum Gasteiger partial charge on any atom is -0.414 e. The van der Waals surface area contributed by atoms with E-state index in [1.807, 2.05) is 39.0 Å². The van der Waals surface area contributed by atoms with Crippen LogP contribution in [0.15, 0.2) is 35.9 Å². The van der Waals surface area contributed by atoms with Crippen LogP contribution < -0.4 is 0 Å². The van der Waals surface area contributed by atoms with Crippen LogP contribution in [0.2, 0.25) is 0 Å². The van der Waals surface area contributed by atoms with Crippen LogP contribution in [0.3, 0.4) is 0 Å². The molecule has 0 radical (unpaired) electrons. The van der Waals surface area contributed by atoms with E-state index in [-0.39, 0.29) is 4.48 Å². The molecule has 1 fully saturated rings.